The Labute approximate surface area is 165 Å². The number of benzene rings is 1. The van der Waals surface area contributed by atoms with E-state index in [1.807, 2.05) is 12.1 Å². The minimum atomic E-state index is 0.0185. The summed E-state index contributed by atoms with van der Waals surface area (Å²) in [5.74, 6) is 0.810. The average molecular weight is 369 g/mol. The molecule has 0 aliphatic heterocycles. The van der Waals surface area contributed by atoms with Crippen molar-refractivity contribution in [3.05, 3.63) is 47.1 Å². The first-order valence-electron chi connectivity index (χ1n) is 10.8. The molecule has 0 spiro atoms. The summed E-state index contributed by atoms with van der Waals surface area (Å²) in [5, 5.41) is 21.8. The van der Waals surface area contributed by atoms with Gasteiger partial charge in [-0.3, -0.25) is 0 Å². The lowest BCUT2D eigenvalue weighted by molar-refractivity contribution is 0.404. The Hall–Kier alpha value is -1.70. The van der Waals surface area contributed by atoms with Crippen LogP contribution in [0.5, 0.6) is 11.5 Å². The minimum Gasteiger partial charge on any atom is -0.507 e. The molecular formula is C25H36O2. The van der Waals surface area contributed by atoms with E-state index in [0.717, 1.165) is 24.0 Å². The lowest BCUT2D eigenvalue weighted by atomic mass is 9.73. The van der Waals surface area contributed by atoms with Gasteiger partial charge in [0.25, 0.3) is 0 Å². The van der Waals surface area contributed by atoms with Gasteiger partial charge >= 0.3 is 0 Å². The molecular weight excluding hydrogens is 332 g/mol. The maximum absolute atomic E-state index is 10.9. The molecule has 3 rings (SSSR count). The second-order valence-corrected chi connectivity index (χ2v) is 9.05. The number of phenols is 2. The van der Waals surface area contributed by atoms with Gasteiger partial charge in [-0.05, 0) is 75.0 Å². The molecule has 2 aliphatic rings. The van der Waals surface area contributed by atoms with E-state index in [2.05, 4.69) is 33.4 Å². The highest BCUT2D eigenvalue weighted by molar-refractivity contribution is 5.54. The van der Waals surface area contributed by atoms with Crippen molar-refractivity contribution in [3.63, 3.8) is 0 Å². The summed E-state index contributed by atoms with van der Waals surface area (Å²) in [7, 11) is 0. The lowest BCUT2D eigenvalue weighted by Gasteiger charge is -2.31. The maximum atomic E-state index is 10.9. The number of hydrogen-bond acceptors (Lipinski definition) is 2. The first-order chi connectivity index (χ1) is 12.9. The fraction of sp³-hybridized carbons (Fsp3) is 0.600. The van der Waals surface area contributed by atoms with Crippen LogP contribution in [0.3, 0.4) is 0 Å². The highest BCUT2D eigenvalue weighted by Gasteiger charge is 2.44. The van der Waals surface area contributed by atoms with Gasteiger partial charge in [0.2, 0.25) is 0 Å². The standard InChI is InChI=1S/C25H36O2/c1-5-6-7-8-11-25(12-13-25)19-15-22(26)24(23(27)16-19)21-14-18(4)9-10-20(21)17(2)3/h14-16,20-21,26-27H,2,5-13H2,1,3-4H3/t20?,21-/m1/s1. The Kier molecular flexibility index (Phi) is 6.03. The van der Waals surface area contributed by atoms with Crippen molar-refractivity contribution in [2.45, 2.75) is 89.9 Å². The van der Waals surface area contributed by atoms with E-state index in [9.17, 15) is 10.2 Å². The van der Waals surface area contributed by atoms with Crippen LogP contribution in [0.1, 0.15) is 95.6 Å². The van der Waals surface area contributed by atoms with E-state index >= 15 is 0 Å². The zero-order chi connectivity index (χ0) is 19.6. The third-order valence-electron chi connectivity index (χ3n) is 6.82. The van der Waals surface area contributed by atoms with Crippen molar-refractivity contribution in [2.24, 2.45) is 5.92 Å². The van der Waals surface area contributed by atoms with Crippen LogP contribution in [0.4, 0.5) is 0 Å². The minimum absolute atomic E-state index is 0.0185. The molecule has 2 atom stereocenters. The summed E-state index contributed by atoms with van der Waals surface area (Å²) >= 11 is 0. The molecule has 1 fully saturated rings. The van der Waals surface area contributed by atoms with Gasteiger partial charge in [-0.15, -0.1) is 0 Å². The Balaban J connectivity index is 1.87. The molecule has 0 heterocycles. The second-order valence-electron chi connectivity index (χ2n) is 9.05. The van der Waals surface area contributed by atoms with Crippen molar-refractivity contribution in [1.82, 2.24) is 0 Å². The molecule has 1 saturated carbocycles. The van der Waals surface area contributed by atoms with Gasteiger partial charge in [0, 0.05) is 11.5 Å². The molecule has 148 valence electrons. The van der Waals surface area contributed by atoms with Crippen molar-refractivity contribution >= 4 is 0 Å². The number of allylic oxidation sites excluding steroid dienone is 3. The Morgan fingerprint density at radius 3 is 2.37 bits per heavy atom. The van der Waals surface area contributed by atoms with Gasteiger partial charge in [-0.25, -0.2) is 0 Å². The summed E-state index contributed by atoms with van der Waals surface area (Å²) in [6.07, 6.45) is 12.9. The lowest BCUT2D eigenvalue weighted by Crippen LogP contribution is -2.17. The average Bonchev–Trinajstić information content (AvgIpc) is 3.39. The Morgan fingerprint density at radius 1 is 1.15 bits per heavy atom. The van der Waals surface area contributed by atoms with E-state index in [1.165, 1.54) is 50.5 Å². The molecule has 1 aromatic carbocycles. The van der Waals surface area contributed by atoms with Crippen LogP contribution in [-0.2, 0) is 5.41 Å². The first kappa shape index (κ1) is 20.0. The molecule has 0 bridgehead atoms. The second kappa shape index (κ2) is 8.12. The molecule has 2 nitrogen and oxygen atoms in total. The maximum Gasteiger partial charge on any atom is 0.123 e. The third kappa shape index (κ3) is 4.25. The summed E-state index contributed by atoms with van der Waals surface area (Å²) in [5.41, 5.74) is 4.46. The summed E-state index contributed by atoms with van der Waals surface area (Å²) in [6.45, 7) is 10.6. The van der Waals surface area contributed by atoms with Crippen LogP contribution in [-0.4, -0.2) is 10.2 Å². The molecule has 1 unspecified atom stereocenters. The number of unbranched alkanes of at least 4 members (excludes halogenated alkanes) is 3. The molecule has 2 N–H and O–H groups in total. The van der Waals surface area contributed by atoms with Crippen LogP contribution in [0.2, 0.25) is 0 Å². The largest absolute Gasteiger partial charge is 0.507 e. The molecule has 0 radical (unpaired) electrons. The molecule has 27 heavy (non-hydrogen) atoms. The molecule has 0 saturated heterocycles. The van der Waals surface area contributed by atoms with Crippen molar-refractivity contribution in [1.29, 1.82) is 0 Å². The van der Waals surface area contributed by atoms with Gasteiger partial charge in [0.15, 0.2) is 0 Å². The molecule has 0 amide bonds. The predicted molar refractivity (Wildman–Crippen MR) is 113 cm³/mol. The van der Waals surface area contributed by atoms with Gasteiger partial charge in [0.05, 0.1) is 0 Å². The fourth-order valence-electron chi connectivity index (χ4n) is 4.90. The monoisotopic (exact) mass is 368 g/mol. The normalized spacial score (nSPS) is 23.7. The third-order valence-corrected chi connectivity index (χ3v) is 6.82. The van der Waals surface area contributed by atoms with Crippen LogP contribution < -0.4 is 0 Å². The fourth-order valence-corrected chi connectivity index (χ4v) is 4.90. The van der Waals surface area contributed by atoms with Crippen molar-refractivity contribution in [3.8, 4) is 11.5 Å². The number of rotatable bonds is 8. The van der Waals surface area contributed by atoms with Gasteiger partial charge in [-0.1, -0.05) is 56.4 Å². The molecule has 1 aromatic rings. The van der Waals surface area contributed by atoms with Gasteiger partial charge in [0.1, 0.15) is 11.5 Å². The topological polar surface area (TPSA) is 40.5 Å². The first-order valence-corrected chi connectivity index (χ1v) is 10.8. The van der Waals surface area contributed by atoms with Crippen LogP contribution in [0.15, 0.2) is 35.9 Å². The highest BCUT2D eigenvalue weighted by atomic mass is 16.3. The summed E-state index contributed by atoms with van der Waals surface area (Å²) < 4.78 is 0. The van der Waals surface area contributed by atoms with E-state index < -0.39 is 0 Å². The van der Waals surface area contributed by atoms with Crippen LogP contribution >= 0.6 is 0 Å². The highest BCUT2D eigenvalue weighted by Crippen LogP contribution is 2.55. The zero-order valence-corrected chi connectivity index (χ0v) is 17.4. The van der Waals surface area contributed by atoms with Gasteiger partial charge < -0.3 is 10.2 Å². The van der Waals surface area contributed by atoms with Crippen molar-refractivity contribution < 1.29 is 10.2 Å². The van der Waals surface area contributed by atoms with E-state index in [4.69, 9.17) is 0 Å². The van der Waals surface area contributed by atoms with Crippen molar-refractivity contribution in [2.75, 3.05) is 0 Å². The summed E-state index contributed by atoms with van der Waals surface area (Å²) in [6, 6.07) is 3.88. The summed E-state index contributed by atoms with van der Waals surface area (Å²) in [4.78, 5) is 0. The van der Waals surface area contributed by atoms with Gasteiger partial charge in [-0.2, -0.15) is 0 Å². The Morgan fingerprint density at radius 2 is 1.81 bits per heavy atom. The number of aromatic hydroxyl groups is 2. The van der Waals surface area contributed by atoms with E-state index in [0.29, 0.717) is 5.56 Å². The number of phenolic OH excluding ortho intramolecular Hbond substituents is 2. The Bertz CT molecular complexity index is 701. The zero-order valence-electron chi connectivity index (χ0n) is 17.4. The van der Waals surface area contributed by atoms with Crippen LogP contribution in [0, 0.1) is 5.92 Å². The SMILES string of the molecule is C=C(C)C1CCC(C)=C[C@H]1c1c(O)cc(C2(CCCCCC)CC2)cc1O. The van der Waals surface area contributed by atoms with Crippen LogP contribution in [0.25, 0.3) is 0 Å². The quantitative estimate of drug-likeness (QED) is 0.379. The molecule has 2 heteroatoms. The molecule has 0 aromatic heterocycles. The van der Waals surface area contributed by atoms with E-state index in [-0.39, 0.29) is 28.7 Å². The van der Waals surface area contributed by atoms with E-state index in [1.54, 1.807) is 0 Å². The number of hydrogen-bond donors (Lipinski definition) is 2. The smallest absolute Gasteiger partial charge is 0.123 e. The molecule has 2 aliphatic carbocycles. The predicted octanol–water partition coefficient (Wildman–Crippen LogP) is 7.12.